The van der Waals surface area contributed by atoms with Gasteiger partial charge in [0.05, 0.1) is 0 Å². The maximum absolute atomic E-state index is 6.04. The molecule has 1 heterocycles. The minimum absolute atomic E-state index is 0.780. The second-order valence-electron chi connectivity index (χ2n) is 4.28. The number of nitrogens with zero attached hydrogens (tertiary/aromatic N) is 1. The molecule has 0 aliphatic carbocycles. The summed E-state index contributed by atoms with van der Waals surface area (Å²) >= 11 is 12.1. The average Bonchev–Trinajstić information content (AvgIpc) is 2.40. The van der Waals surface area contributed by atoms with Crippen LogP contribution in [-0.4, -0.2) is 7.05 Å². The van der Waals surface area contributed by atoms with Gasteiger partial charge in [-0.05, 0) is 47.5 Å². The standard InChI is InChI=1S/C14H11Cl2N.C2H6/c1-17-13-4-2-11(15)7-9(13)6-10-8-12(16)3-5-14(10)17;1-2/h2-5,7-8H,6H2,1H3;1-2H3. The van der Waals surface area contributed by atoms with Gasteiger partial charge in [-0.2, -0.15) is 0 Å². The zero-order valence-electron chi connectivity index (χ0n) is 11.4. The normalized spacial score (nSPS) is 12.2. The van der Waals surface area contributed by atoms with Crippen molar-refractivity contribution in [3.63, 3.8) is 0 Å². The fourth-order valence-electron chi connectivity index (χ4n) is 2.38. The molecule has 2 aromatic carbocycles. The molecule has 1 aliphatic rings. The number of benzene rings is 2. The zero-order chi connectivity index (χ0) is 14.0. The molecule has 3 rings (SSSR count). The van der Waals surface area contributed by atoms with Crippen LogP contribution in [0.1, 0.15) is 25.0 Å². The first-order valence-corrected chi connectivity index (χ1v) is 7.21. The van der Waals surface area contributed by atoms with E-state index in [-0.39, 0.29) is 0 Å². The van der Waals surface area contributed by atoms with Gasteiger partial charge < -0.3 is 4.90 Å². The van der Waals surface area contributed by atoms with Crippen LogP contribution in [0.2, 0.25) is 10.0 Å². The second-order valence-corrected chi connectivity index (χ2v) is 5.15. The van der Waals surface area contributed by atoms with Gasteiger partial charge in [-0.3, -0.25) is 0 Å². The van der Waals surface area contributed by atoms with Crippen molar-refractivity contribution in [1.29, 1.82) is 0 Å². The van der Waals surface area contributed by atoms with Gasteiger partial charge in [-0.15, -0.1) is 0 Å². The van der Waals surface area contributed by atoms with Crippen molar-refractivity contribution in [2.75, 3.05) is 11.9 Å². The van der Waals surface area contributed by atoms with Crippen LogP contribution in [-0.2, 0) is 6.42 Å². The lowest BCUT2D eigenvalue weighted by Crippen LogP contribution is -2.18. The monoisotopic (exact) mass is 293 g/mol. The molecule has 0 bridgehead atoms. The van der Waals surface area contributed by atoms with Crippen molar-refractivity contribution in [2.45, 2.75) is 20.3 Å². The quantitative estimate of drug-likeness (QED) is 0.603. The SMILES string of the molecule is CC.CN1c2ccc(Cl)cc2Cc2cc(Cl)ccc21. The molecule has 1 aliphatic heterocycles. The number of fused-ring (bicyclic) bond motifs is 2. The summed E-state index contributed by atoms with van der Waals surface area (Å²) in [5.74, 6) is 0. The van der Waals surface area contributed by atoms with Crippen LogP contribution in [0.25, 0.3) is 0 Å². The Bertz CT molecular complexity index is 542. The Morgan fingerprint density at radius 3 is 1.68 bits per heavy atom. The van der Waals surface area contributed by atoms with E-state index in [9.17, 15) is 0 Å². The lowest BCUT2D eigenvalue weighted by Gasteiger charge is -2.30. The molecule has 2 aromatic rings. The summed E-state index contributed by atoms with van der Waals surface area (Å²) in [6.07, 6.45) is 0.885. The Morgan fingerprint density at radius 2 is 1.26 bits per heavy atom. The lowest BCUT2D eigenvalue weighted by atomic mass is 9.96. The molecule has 0 fully saturated rings. The van der Waals surface area contributed by atoms with E-state index in [1.807, 2.05) is 38.1 Å². The van der Waals surface area contributed by atoms with Gasteiger partial charge in [0.25, 0.3) is 0 Å². The fourth-order valence-corrected chi connectivity index (χ4v) is 2.77. The van der Waals surface area contributed by atoms with Crippen molar-refractivity contribution in [1.82, 2.24) is 0 Å². The van der Waals surface area contributed by atoms with E-state index in [4.69, 9.17) is 23.2 Å². The number of anilines is 2. The summed E-state index contributed by atoms with van der Waals surface area (Å²) < 4.78 is 0. The van der Waals surface area contributed by atoms with E-state index < -0.39 is 0 Å². The third-order valence-electron chi connectivity index (χ3n) is 3.19. The highest BCUT2D eigenvalue weighted by molar-refractivity contribution is 6.31. The van der Waals surface area contributed by atoms with Crippen molar-refractivity contribution >= 4 is 34.6 Å². The molecule has 19 heavy (non-hydrogen) atoms. The third kappa shape index (κ3) is 2.72. The smallest absolute Gasteiger partial charge is 0.0445 e. The molecular formula is C16H17Cl2N. The van der Waals surface area contributed by atoms with Gasteiger partial charge in [-0.25, -0.2) is 0 Å². The maximum atomic E-state index is 6.04. The first kappa shape index (κ1) is 14.2. The highest BCUT2D eigenvalue weighted by Gasteiger charge is 2.19. The molecule has 100 valence electrons. The van der Waals surface area contributed by atoms with Gasteiger partial charge in [0, 0.05) is 34.9 Å². The summed E-state index contributed by atoms with van der Waals surface area (Å²) in [4.78, 5) is 2.18. The van der Waals surface area contributed by atoms with E-state index in [0.717, 1.165) is 16.5 Å². The van der Waals surface area contributed by atoms with Crippen molar-refractivity contribution in [3.05, 3.63) is 57.6 Å². The molecule has 0 N–H and O–H groups in total. The van der Waals surface area contributed by atoms with E-state index in [2.05, 4.69) is 24.1 Å². The van der Waals surface area contributed by atoms with Gasteiger partial charge in [0.1, 0.15) is 0 Å². The van der Waals surface area contributed by atoms with Crippen LogP contribution in [0.15, 0.2) is 36.4 Å². The zero-order valence-corrected chi connectivity index (χ0v) is 12.9. The Hall–Kier alpha value is -1.18. The molecular weight excluding hydrogens is 277 g/mol. The summed E-state index contributed by atoms with van der Waals surface area (Å²) in [5.41, 5.74) is 4.91. The summed E-state index contributed by atoms with van der Waals surface area (Å²) in [7, 11) is 2.07. The predicted molar refractivity (Wildman–Crippen MR) is 85.1 cm³/mol. The Morgan fingerprint density at radius 1 is 0.842 bits per heavy atom. The van der Waals surface area contributed by atoms with Crippen LogP contribution in [0.4, 0.5) is 11.4 Å². The number of halogens is 2. The number of rotatable bonds is 0. The summed E-state index contributed by atoms with van der Waals surface area (Å²) in [6, 6.07) is 12.0. The second kappa shape index (κ2) is 5.85. The van der Waals surface area contributed by atoms with Crippen molar-refractivity contribution in [3.8, 4) is 0 Å². The van der Waals surface area contributed by atoms with Crippen molar-refractivity contribution in [2.24, 2.45) is 0 Å². The molecule has 0 unspecified atom stereocenters. The summed E-state index contributed by atoms with van der Waals surface area (Å²) in [6.45, 7) is 4.00. The third-order valence-corrected chi connectivity index (χ3v) is 3.66. The lowest BCUT2D eigenvalue weighted by molar-refractivity contribution is 1.06. The Labute approximate surface area is 124 Å². The molecule has 0 aromatic heterocycles. The predicted octanol–water partition coefficient (Wildman–Crippen LogP) is 5.69. The number of hydrogen-bond acceptors (Lipinski definition) is 1. The molecule has 0 radical (unpaired) electrons. The van der Waals surface area contributed by atoms with Gasteiger partial charge >= 0.3 is 0 Å². The van der Waals surface area contributed by atoms with Crippen LogP contribution in [0.5, 0.6) is 0 Å². The molecule has 1 nitrogen and oxygen atoms in total. The van der Waals surface area contributed by atoms with Gasteiger partial charge in [0.2, 0.25) is 0 Å². The first-order valence-electron chi connectivity index (χ1n) is 6.46. The Kier molecular flexibility index (Phi) is 4.38. The van der Waals surface area contributed by atoms with Crippen LogP contribution < -0.4 is 4.90 Å². The average molecular weight is 294 g/mol. The van der Waals surface area contributed by atoms with Crippen LogP contribution >= 0.6 is 23.2 Å². The number of hydrogen-bond donors (Lipinski definition) is 0. The Balaban J connectivity index is 0.000000637. The molecule has 0 saturated heterocycles. The van der Waals surface area contributed by atoms with E-state index in [0.29, 0.717) is 0 Å². The molecule has 0 amide bonds. The highest BCUT2D eigenvalue weighted by Crippen LogP contribution is 2.39. The largest absolute Gasteiger partial charge is 0.344 e. The van der Waals surface area contributed by atoms with Crippen LogP contribution in [0, 0.1) is 0 Å². The summed E-state index contributed by atoms with van der Waals surface area (Å²) in [5, 5.41) is 1.56. The molecule has 0 spiro atoms. The van der Waals surface area contributed by atoms with E-state index in [1.165, 1.54) is 22.5 Å². The minimum Gasteiger partial charge on any atom is -0.344 e. The minimum atomic E-state index is 0.780. The van der Waals surface area contributed by atoms with Crippen molar-refractivity contribution < 1.29 is 0 Å². The highest BCUT2D eigenvalue weighted by atomic mass is 35.5. The molecule has 0 atom stereocenters. The van der Waals surface area contributed by atoms with Gasteiger partial charge in [-0.1, -0.05) is 37.0 Å². The fraction of sp³-hybridized carbons (Fsp3) is 0.250. The molecule has 0 saturated carbocycles. The van der Waals surface area contributed by atoms with E-state index in [1.54, 1.807) is 0 Å². The van der Waals surface area contributed by atoms with E-state index >= 15 is 0 Å². The topological polar surface area (TPSA) is 3.24 Å². The first-order chi connectivity index (χ1) is 9.15. The van der Waals surface area contributed by atoms with Gasteiger partial charge in [0.15, 0.2) is 0 Å². The van der Waals surface area contributed by atoms with Crippen LogP contribution in [0.3, 0.4) is 0 Å². The maximum Gasteiger partial charge on any atom is 0.0445 e. The molecule has 3 heteroatoms.